The Hall–Kier alpha value is -1.53. The molecule has 4 N–H and O–H groups in total. The molecule has 0 bridgehead atoms. The van der Waals surface area contributed by atoms with E-state index in [0.717, 1.165) is 6.07 Å². The van der Waals surface area contributed by atoms with E-state index >= 15 is 0 Å². The maximum atomic E-state index is 10.3. The lowest BCUT2D eigenvalue weighted by Gasteiger charge is -1.99. The number of benzene rings is 1. The number of anilines is 1. The van der Waals surface area contributed by atoms with Gasteiger partial charge < -0.3 is 10.5 Å². The summed E-state index contributed by atoms with van der Waals surface area (Å²) in [6.45, 7) is 0. The van der Waals surface area contributed by atoms with Gasteiger partial charge in [-0.2, -0.15) is 0 Å². The Balaban J connectivity index is 0.00000144. The first-order valence-corrected chi connectivity index (χ1v) is 3.09. The number of hydrazine groups is 1. The second-order valence-electron chi connectivity index (χ2n) is 2.10. The molecule has 0 atom stereocenters. The number of rotatable bonds is 2. The first-order valence-electron chi connectivity index (χ1n) is 3.09. The number of nitrogens with zero attached hydrogens (tertiary/aromatic N) is 1. The molecule has 0 radical (unpaired) electrons. The van der Waals surface area contributed by atoms with Gasteiger partial charge in [0.15, 0.2) is 5.75 Å². The lowest BCUT2D eigenvalue weighted by atomic mass is 10.2. The molecule has 0 aliphatic rings. The number of nitro groups is 1. The second kappa shape index (κ2) is 4.48. The highest BCUT2D eigenvalue weighted by molar-refractivity contribution is 5.85. The molecule has 0 saturated carbocycles. The van der Waals surface area contributed by atoms with Crippen LogP contribution in [0.4, 0.5) is 11.4 Å². The van der Waals surface area contributed by atoms with Crippen molar-refractivity contribution in [3.8, 4) is 5.75 Å². The number of phenolic OH excluding ortho intramolecular Hbond substituents is 1. The van der Waals surface area contributed by atoms with Crippen molar-refractivity contribution in [2.45, 2.75) is 0 Å². The van der Waals surface area contributed by atoms with Crippen LogP contribution < -0.4 is 11.3 Å². The minimum absolute atomic E-state index is 0. The summed E-state index contributed by atoms with van der Waals surface area (Å²) in [5.74, 6) is 4.64. The second-order valence-corrected chi connectivity index (χ2v) is 2.10. The maximum absolute atomic E-state index is 10.3. The first-order chi connectivity index (χ1) is 5.65. The largest absolute Gasteiger partial charge is 0.502 e. The van der Waals surface area contributed by atoms with Gasteiger partial charge in [-0.3, -0.25) is 16.0 Å². The van der Waals surface area contributed by atoms with Crippen molar-refractivity contribution in [3.05, 3.63) is 28.3 Å². The van der Waals surface area contributed by atoms with Crippen LogP contribution in [0.2, 0.25) is 0 Å². The van der Waals surface area contributed by atoms with Crippen molar-refractivity contribution in [2.24, 2.45) is 5.84 Å². The van der Waals surface area contributed by atoms with E-state index in [0.29, 0.717) is 5.69 Å². The number of phenols is 1. The summed E-state index contributed by atoms with van der Waals surface area (Å²) in [7, 11) is 0. The quantitative estimate of drug-likeness (QED) is 0.289. The van der Waals surface area contributed by atoms with Crippen molar-refractivity contribution in [3.63, 3.8) is 0 Å². The molecule has 0 heterocycles. The van der Waals surface area contributed by atoms with E-state index < -0.39 is 4.92 Å². The fourth-order valence-electron chi connectivity index (χ4n) is 0.759. The SMILES string of the molecule is Cl.NNc1ccc(O)c([N+](=O)[O-])c1. The van der Waals surface area contributed by atoms with Crippen LogP contribution in [0.3, 0.4) is 0 Å². The number of aromatic hydroxyl groups is 1. The molecule has 0 aliphatic heterocycles. The minimum Gasteiger partial charge on any atom is -0.502 e. The van der Waals surface area contributed by atoms with Crippen LogP contribution in [-0.2, 0) is 0 Å². The maximum Gasteiger partial charge on any atom is 0.312 e. The van der Waals surface area contributed by atoms with Gasteiger partial charge in [0.1, 0.15) is 0 Å². The van der Waals surface area contributed by atoms with E-state index in [2.05, 4.69) is 5.43 Å². The van der Waals surface area contributed by atoms with Gasteiger partial charge in [0.05, 0.1) is 10.6 Å². The van der Waals surface area contributed by atoms with E-state index in [9.17, 15) is 10.1 Å². The molecule has 0 spiro atoms. The fourth-order valence-corrected chi connectivity index (χ4v) is 0.759. The number of nitrogens with two attached hydrogens (primary N) is 1. The van der Waals surface area contributed by atoms with Crippen molar-refractivity contribution in [1.29, 1.82) is 0 Å². The van der Waals surface area contributed by atoms with Crippen LogP contribution in [0.25, 0.3) is 0 Å². The number of hydrogen-bond donors (Lipinski definition) is 3. The molecule has 13 heavy (non-hydrogen) atoms. The van der Waals surface area contributed by atoms with Crippen molar-refractivity contribution < 1.29 is 10.0 Å². The first kappa shape index (κ1) is 11.5. The average Bonchev–Trinajstić information content (AvgIpc) is 2.05. The predicted octanol–water partition coefficient (Wildman–Crippen LogP) is 1.01. The summed E-state index contributed by atoms with van der Waals surface area (Å²) >= 11 is 0. The van der Waals surface area contributed by atoms with Gasteiger partial charge in [-0.15, -0.1) is 12.4 Å². The van der Waals surface area contributed by atoms with Gasteiger partial charge in [-0.1, -0.05) is 0 Å². The molecule has 1 rings (SSSR count). The summed E-state index contributed by atoms with van der Waals surface area (Å²) < 4.78 is 0. The molecule has 0 aliphatic carbocycles. The van der Waals surface area contributed by atoms with Gasteiger partial charge in [0.25, 0.3) is 0 Å². The lowest BCUT2D eigenvalue weighted by Crippen LogP contribution is -2.06. The lowest BCUT2D eigenvalue weighted by molar-refractivity contribution is -0.385. The van der Waals surface area contributed by atoms with E-state index in [1.54, 1.807) is 0 Å². The van der Waals surface area contributed by atoms with E-state index in [1.165, 1.54) is 12.1 Å². The van der Waals surface area contributed by atoms with Gasteiger partial charge >= 0.3 is 5.69 Å². The molecule has 7 heteroatoms. The third-order valence-corrected chi connectivity index (χ3v) is 1.34. The summed E-state index contributed by atoms with van der Waals surface area (Å²) in [4.78, 5) is 9.58. The molecule has 0 aromatic heterocycles. The van der Waals surface area contributed by atoms with Gasteiger partial charge in [-0.25, -0.2) is 0 Å². The summed E-state index contributed by atoms with van der Waals surface area (Å²) in [5.41, 5.74) is 2.24. The van der Waals surface area contributed by atoms with Crippen LogP contribution in [0.1, 0.15) is 0 Å². The van der Waals surface area contributed by atoms with E-state index in [1.807, 2.05) is 0 Å². The topological polar surface area (TPSA) is 101 Å². The van der Waals surface area contributed by atoms with Gasteiger partial charge in [0.2, 0.25) is 0 Å². The van der Waals surface area contributed by atoms with Crippen molar-refractivity contribution in [1.82, 2.24) is 0 Å². The molecule has 1 aromatic carbocycles. The molecule has 0 fully saturated rings. The van der Waals surface area contributed by atoms with Gasteiger partial charge in [-0.05, 0) is 12.1 Å². The number of nitrogen functional groups attached to an aromatic ring is 1. The monoisotopic (exact) mass is 205 g/mol. The number of nitrogens with one attached hydrogen (secondary N) is 1. The molecule has 0 saturated heterocycles. The standard InChI is InChI=1S/C6H7N3O3.ClH/c7-8-4-1-2-6(10)5(3-4)9(11)12;/h1-3,8,10H,7H2;1H. The van der Waals surface area contributed by atoms with Crippen molar-refractivity contribution in [2.75, 3.05) is 5.43 Å². The third kappa shape index (κ3) is 2.46. The van der Waals surface area contributed by atoms with Crippen LogP contribution in [0, 0.1) is 10.1 Å². The number of nitro benzene ring substituents is 1. The number of halogens is 1. The summed E-state index contributed by atoms with van der Waals surface area (Å²) in [6, 6.07) is 3.78. The zero-order valence-corrected chi connectivity index (χ0v) is 7.25. The van der Waals surface area contributed by atoms with Crippen LogP contribution in [-0.4, -0.2) is 10.0 Å². The normalized spacial score (nSPS) is 8.69. The molecular weight excluding hydrogens is 198 g/mol. The summed E-state index contributed by atoms with van der Waals surface area (Å²) in [5, 5.41) is 19.3. The predicted molar refractivity (Wildman–Crippen MR) is 49.8 cm³/mol. The molecule has 1 aromatic rings. The Labute approximate surface area is 79.9 Å². The highest BCUT2D eigenvalue weighted by Crippen LogP contribution is 2.27. The highest BCUT2D eigenvalue weighted by atomic mass is 35.5. The smallest absolute Gasteiger partial charge is 0.312 e. The van der Waals surface area contributed by atoms with Crippen LogP contribution in [0.5, 0.6) is 5.75 Å². The Kier molecular flexibility index (Phi) is 3.96. The Morgan fingerprint density at radius 3 is 2.62 bits per heavy atom. The molecule has 0 unspecified atom stereocenters. The molecule has 6 nitrogen and oxygen atoms in total. The van der Waals surface area contributed by atoms with Crippen LogP contribution >= 0.6 is 12.4 Å². The fraction of sp³-hybridized carbons (Fsp3) is 0. The van der Waals surface area contributed by atoms with E-state index in [4.69, 9.17) is 10.9 Å². The van der Waals surface area contributed by atoms with Crippen molar-refractivity contribution >= 4 is 23.8 Å². The Morgan fingerprint density at radius 2 is 2.15 bits per heavy atom. The molecule has 72 valence electrons. The zero-order valence-electron chi connectivity index (χ0n) is 6.43. The van der Waals surface area contributed by atoms with E-state index in [-0.39, 0.29) is 23.8 Å². The molecule has 0 amide bonds. The zero-order chi connectivity index (χ0) is 9.14. The Morgan fingerprint density at radius 1 is 1.54 bits per heavy atom. The van der Waals surface area contributed by atoms with Crippen LogP contribution in [0.15, 0.2) is 18.2 Å². The summed E-state index contributed by atoms with van der Waals surface area (Å²) in [6.07, 6.45) is 0. The highest BCUT2D eigenvalue weighted by Gasteiger charge is 2.12. The average molecular weight is 206 g/mol. The minimum atomic E-state index is -0.684. The number of hydrogen-bond acceptors (Lipinski definition) is 5. The third-order valence-electron chi connectivity index (χ3n) is 1.34. The van der Waals surface area contributed by atoms with Gasteiger partial charge in [0, 0.05) is 6.07 Å². The Bertz CT molecular complexity index is 318. The molecular formula is C6H8ClN3O3.